The lowest BCUT2D eigenvalue weighted by atomic mass is 10.1. The number of ketones is 1. The average molecular weight is 235 g/mol. The van der Waals surface area contributed by atoms with E-state index in [1.54, 1.807) is 18.2 Å². The highest BCUT2D eigenvalue weighted by molar-refractivity contribution is 5.97. The van der Waals surface area contributed by atoms with Crippen molar-refractivity contribution in [3.63, 3.8) is 0 Å². The van der Waals surface area contributed by atoms with Crippen LogP contribution in [0.25, 0.3) is 0 Å². The summed E-state index contributed by atoms with van der Waals surface area (Å²) in [6.45, 7) is 2.95. The molecule has 0 saturated carbocycles. The molecule has 0 aromatic heterocycles. The van der Waals surface area contributed by atoms with E-state index in [1.165, 1.54) is 6.92 Å². The van der Waals surface area contributed by atoms with Gasteiger partial charge in [-0.2, -0.15) is 0 Å². The Bertz CT molecular complexity index is 411. The largest absolute Gasteiger partial charge is 0.489 e. The van der Waals surface area contributed by atoms with Gasteiger partial charge in [-0.15, -0.1) is 0 Å². The number of hydrogen-bond donors (Lipinski definition) is 1. The molecule has 1 fully saturated rings. The molecule has 0 amide bonds. The third kappa shape index (κ3) is 2.97. The van der Waals surface area contributed by atoms with Crippen molar-refractivity contribution >= 4 is 11.5 Å². The average Bonchev–Trinajstić information content (AvgIpc) is 2.32. The van der Waals surface area contributed by atoms with Gasteiger partial charge in [-0.1, -0.05) is 0 Å². The molecule has 1 heterocycles. The smallest absolute Gasteiger partial charge is 0.163 e. The van der Waals surface area contributed by atoms with E-state index >= 15 is 0 Å². The molecule has 4 heteroatoms. The first-order valence-electron chi connectivity index (χ1n) is 5.81. The van der Waals surface area contributed by atoms with E-state index in [-0.39, 0.29) is 11.9 Å². The molecule has 4 nitrogen and oxygen atoms in total. The summed E-state index contributed by atoms with van der Waals surface area (Å²) in [5.41, 5.74) is 6.80. The number of nitrogens with two attached hydrogens (primary N) is 1. The predicted molar refractivity (Wildman–Crippen MR) is 65.3 cm³/mol. The van der Waals surface area contributed by atoms with E-state index in [0.717, 1.165) is 26.1 Å². The highest BCUT2D eigenvalue weighted by atomic mass is 16.5. The van der Waals surface area contributed by atoms with Crippen molar-refractivity contribution in [3.05, 3.63) is 23.8 Å². The van der Waals surface area contributed by atoms with Crippen LogP contribution >= 0.6 is 0 Å². The molecule has 1 aliphatic heterocycles. The Labute approximate surface area is 101 Å². The van der Waals surface area contributed by atoms with Crippen LogP contribution in [0.2, 0.25) is 0 Å². The van der Waals surface area contributed by atoms with Gasteiger partial charge in [0.1, 0.15) is 11.9 Å². The summed E-state index contributed by atoms with van der Waals surface area (Å²) in [4.78, 5) is 11.5. The molecule has 1 saturated heterocycles. The number of ether oxygens (including phenoxy) is 2. The summed E-state index contributed by atoms with van der Waals surface area (Å²) >= 11 is 0. The molecule has 0 radical (unpaired) electrons. The van der Waals surface area contributed by atoms with Crippen LogP contribution in [0.5, 0.6) is 5.75 Å². The maximum Gasteiger partial charge on any atom is 0.163 e. The quantitative estimate of drug-likeness (QED) is 0.643. The maximum absolute atomic E-state index is 11.5. The van der Waals surface area contributed by atoms with Crippen molar-refractivity contribution in [3.8, 4) is 5.75 Å². The molecule has 2 rings (SSSR count). The number of hydrogen-bond acceptors (Lipinski definition) is 4. The zero-order chi connectivity index (χ0) is 12.3. The van der Waals surface area contributed by atoms with E-state index in [1.807, 2.05) is 0 Å². The lowest BCUT2D eigenvalue weighted by molar-refractivity contribution is 0.0252. The topological polar surface area (TPSA) is 61.6 Å². The van der Waals surface area contributed by atoms with Crippen molar-refractivity contribution in [1.29, 1.82) is 0 Å². The molecule has 0 unspecified atom stereocenters. The van der Waals surface area contributed by atoms with Crippen molar-refractivity contribution in [2.24, 2.45) is 0 Å². The van der Waals surface area contributed by atoms with Crippen LogP contribution in [-0.2, 0) is 4.74 Å². The standard InChI is InChI=1S/C13H17NO3/c1-9(15)12-8-10(14)2-3-13(12)17-11-4-6-16-7-5-11/h2-3,8,11H,4-7,14H2,1H3. The Kier molecular flexibility index (Phi) is 3.64. The molecule has 0 spiro atoms. The van der Waals surface area contributed by atoms with Gasteiger partial charge >= 0.3 is 0 Å². The molecule has 0 bridgehead atoms. The van der Waals surface area contributed by atoms with Crippen LogP contribution in [-0.4, -0.2) is 25.1 Å². The summed E-state index contributed by atoms with van der Waals surface area (Å²) in [5.74, 6) is 0.595. The van der Waals surface area contributed by atoms with Crippen LogP contribution < -0.4 is 10.5 Å². The first-order chi connectivity index (χ1) is 8.16. The van der Waals surface area contributed by atoms with Crippen LogP contribution in [0.1, 0.15) is 30.1 Å². The molecule has 1 aromatic rings. The van der Waals surface area contributed by atoms with Gasteiger partial charge in [-0.05, 0) is 25.1 Å². The molecule has 17 heavy (non-hydrogen) atoms. The molecule has 1 aliphatic rings. The lowest BCUT2D eigenvalue weighted by Crippen LogP contribution is -2.26. The van der Waals surface area contributed by atoms with Gasteiger partial charge in [0.05, 0.1) is 18.8 Å². The minimum Gasteiger partial charge on any atom is -0.489 e. The van der Waals surface area contributed by atoms with Crippen LogP contribution in [0, 0.1) is 0 Å². The number of Topliss-reactive ketones (excluding diaryl/α,β-unsaturated/α-hetero) is 1. The fraction of sp³-hybridized carbons (Fsp3) is 0.462. The summed E-state index contributed by atoms with van der Waals surface area (Å²) in [6, 6.07) is 5.18. The number of rotatable bonds is 3. The van der Waals surface area contributed by atoms with Crippen LogP contribution in [0.15, 0.2) is 18.2 Å². The zero-order valence-corrected chi connectivity index (χ0v) is 9.94. The van der Waals surface area contributed by atoms with Crippen molar-refractivity contribution < 1.29 is 14.3 Å². The molecule has 0 aliphatic carbocycles. The first-order valence-corrected chi connectivity index (χ1v) is 5.81. The molecular formula is C13H17NO3. The molecule has 92 valence electrons. The van der Waals surface area contributed by atoms with Gasteiger partial charge in [0.2, 0.25) is 0 Å². The number of benzene rings is 1. The van der Waals surface area contributed by atoms with E-state index in [4.69, 9.17) is 15.2 Å². The monoisotopic (exact) mass is 235 g/mol. The second-order valence-electron chi connectivity index (χ2n) is 4.24. The normalized spacial score (nSPS) is 16.8. The van der Waals surface area contributed by atoms with Crippen molar-refractivity contribution in [2.45, 2.75) is 25.9 Å². The Morgan fingerprint density at radius 3 is 2.76 bits per heavy atom. The summed E-state index contributed by atoms with van der Waals surface area (Å²) < 4.78 is 11.1. The lowest BCUT2D eigenvalue weighted by Gasteiger charge is -2.24. The van der Waals surface area contributed by atoms with E-state index in [2.05, 4.69) is 0 Å². The Balaban J connectivity index is 2.16. The minimum atomic E-state index is -0.0284. The fourth-order valence-corrected chi connectivity index (χ4v) is 1.90. The van der Waals surface area contributed by atoms with Gasteiger partial charge in [0.15, 0.2) is 5.78 Å². The first kappa shape index (κ1) is 11.9. The van der Waals surface area contributed by atoms with Gasteiger partial charge in [0, 0.05) is 18.5 Å². The minimum absolute atomic E-state index is 0.0284. The Hall–Kier alpha value is -1.55. The second kappa shape index (κ2) is 5.19. The van der Waals surface area contributed by atoms with E-state index in [9.17, 15) is 4.79 Å². The van der Waals surface area contributed by atoms with E-state index in [0.29, 0.717) is 17.0 Å². The highest BCUT2D eigenvalue weighted by Gasteiger charge is 2.18. The molecule has 2 N–H and O–H groups in total. The fourth-order valence-electron chi connectivity index (χ4n) is 1.90. The van der Waals surface area contributed by atoms with Gasteiger partial charge in [-0.25, -0.2) is 0 Å². The van der Waals surface area contributed by atoms with Gasteiger partial charge in [0.25, 0.3) is 0 Å². The van der Waals surface area contributed by atoms with Gasteiger partial charge in [-0.3, -0.25) is 4.79 Å². The maximum atomic E-state index is 11.5. The number of carbonyl (C=O) groups is 1. The third-order valence-corrected chi connectivity index (χ3v) is 2.84. The summed E-state index contributed by atoms with van der Waals surface area (Å²) in [7, 11) is 0. The van der Waals surface area contributed by atoms with Crippen LogP contribution in [0.3, 0.4) is 0 Å². The number of carbonyl (C=O) groups excluding carboxylic acids is 1. The van der Waals surface area contributed by atoms with Crippen molar-refractivity contribution in [2.75, 3.05) is 18.9 Å². The SMILES string of the molecule is CC(=O)c1cc(N)ccc1OC1CCOCC1. The number of nitrogen functional groups attached to an aromatic ring is 1. The molecule has 0 atom stereocenters. The van der Waals surface area contributed by atoms with Crippen LogP contribution in [0.4, 0.5) is 5.69 Å². The highest BCUT2D eigenvalue weighted by Crippen LogP contribution is 2.25. The Morgan fingerprint density at radius 2 is 2.12 bits per heavy atom. The Morgan fingerprint density at radius 1 is 1.41 bits per heavy atom. The number of anilines is 1. The zero-order valence-electron chi connectivity index (χ0n) is 9.94. The summed E-state index contributed by atoms with van der Waals surface area (Å²) in [5, 5.41) is 0. The third-order valence-electron chi connectivity index (χ3n) is 2.84. The molecular weight excluding hydrogens is 218 g/mol. The van der Waals surface area contributed by atoms with Gasteiger partial charge < -0.3 is 15.2 Å². The van der Waals surface area contributed by atoms with E-state index < -0.39 is 0 Å². The second-order valence-corrected chi connectivity index (χ2v) is 4.24. The molecule has 1 aromatic carbocycles. The summed E-state index contributed by atoms with van der Waals surface area (Å²) in [6.07, 6.45) is 1.86. The van der Waals surface area contributed by atoms with Crippen molar-refractivity contribution in [1.82, 2.24) is 0 Å². The predicted octanol–water partition coefficient (Wildman–Crippen LogP) is 2.03.